The first kappa shape index (κ1) is 14.3. The summed E-state index contributed by atoms with van der Waals surface area (Å²) in [5.74, 6) is 0.856. The van der Waals surface area contributed by atoms with Gasteiger partial charge in [0.1, 0.15) is 0 Å². The first-order valence-corrected chi connectivity index (χ1v) is 7.44. The minimum absolute atomic E-state index is 0.134. The van der Waals surface area contributed by atoms with Crippen molar-refractivity contribution in [2.75, 3.05) is 13.1 Å². The Morgan fingerprint density at radius 1 is 1.21 bits per heavy atom. The van der Waals surface area contributed by atoms with E-state index in [9.17, 15) is 4.79 Å². The van der Waals surface area contributed by atoms with Crippen molar-refractivity contribution < 1.29 is 4.79 Å². The van der Waals surface area contributed by atoms with Gasteiger partial charge in [-0.2, -0.15) is 0 Å². The summed E-state index contributed by atoms with van der Waals surface area (Å²) in [7, 11) is 0. The zero-order valence-corrected chi connectivity index (χ0v) is 12.3. The van der Waals surface area contributed by atoms with Gasteiger partial charge in [-0.3, -0.25) is 4.79 Å². The Hall–Kier alpha value is -1.15. The van der Waals surface area contributed by atoms with Gasteiger partial charge in [0.05, 0.1) is 0 Å². The number of benzene rings is 1. The number of carbonyl (C=O) groups excluding carboxylic acids is 1. The predicted octanol–water partition coefficient (Wildman–Crippen LogP) is 3.77. The molecule has 1 N–H and O–H groups in total. The number of piperidine rings is 1. The van der Waals surface area contributed by atoms with Crippen LogP contribution in [-0.4, -0.2) is 18.9 Å². The van der Waals surface area contributed by atoms with Gasteiger partial charge in [0.15, 0.2) is 5.78 Å². The van der Waals surface area contributed by atoms with Gasteiger partial charge in [0.2, 0.25) is 0 Å². The van der Waals surface area contributed by atoms with Crippen molar-refractivity contribution in [3.8, 4) is 0 Å². The van der Waals surface area contributed by atoms with Crippen LogP contribution in [0.4, 0.5) is 0 Å². The van der Waals surface area contributed by atoms with Gasteiger partial charge in [-0.05, 0) is 43.8 Å². The molecule has 0 amide bonds. The molecule has 1 aliphatic heterocycles. The van der Waals surface area contributed by atoms with E-state index in [1.54, 1.807) is 0 Å². The summed E-state index contributed by atoms with van der Waals surface area (Å²) >= 11 is 0. The molecule has 0 spiro atoms. The monoisotopic (exact) mass is 259 g/mol. The summed E-state index contributed by atoms with van der Waals surface area (Å²) in [4.78, 5) is 12.8. The second kappa shape index (κ2) is 5.87. The van der Waals surface area contributed by atoms with Crippen molar-refractivity contribution in [3.63, 3.8) is 0 Å². The number of carbonyl (C=O) groups is 1. The number of hydrogen-bond acceptors (Lipinski definition) is 2. The number of Topliss-reactive ketones (excluding diaryl/α,β-unsaturated/α-hetero) is 1. The number of nitrogens with one attached hydrogen (secondary N) is 1. The summed E-state index contributed by atoms with van der Waals surface area (Å²) < 4.78 is 0. The molecule has 0 aliphatic carbocycles. The Labute approximate surface area is 116 Å². The molecule has 2 rings (SSSR count). The van der Waals surface area contributed by atoms with Crippen LogP contribution in [-0.2, 0) is 0 Å². The zero-order valence-electron chi connectivity index (χ0n) is 12.3. The lowest BCUT2D eigenvalue weighted by Crippen LogP contribution is -2.41. The van der Waals surface area contributed by atoms with E-state index in [0.717, 1.165) is 37.9 Å². The molecule has 0 aromatic heterocycles. The normalized spacial score (nSPS) is 18.5. The van der Waals surface area contributed by atoms with Crippen molar-refractivity contribution in [1.82, 2.24) is 5.32 Å². The maximum atomic E-state index is 12.8. The van der Waals surface area contributed by atoms with E-state index >= 15 is 0 Å². The predicted molar refractivity (Wildman–Crippen MR) is 79.7 cm³/mol. The molecule has 0 bridgehead atoms. The molecule has 19 heavy (non-hydrogen) atoms. The summed E-state index contributed by atoms with van der Waals surface area (Å²) in [5, 5.41) is 3.35. The lowest BCUT2D eigenvalue weighted by Gasteiger charge is -2.35. The molecule has 0 saturated carbocycles. The molecule has 1 aromatic rings. The SMILES string of the molecule is CCC1(C(=O)c2ccc(C(C)C)cc2)CCNCC1. The third-order valence-electron chi connectivity index (χ3n) is 4.56. The van der Waals surface area contributed by atoms with Crippen LogP contribution in [0.2, 0.25) is 0 Å². The number of rotatable bonds is 4. The fraction of sp³-hybridized carbons (Fsp3) is 0.588. The van der Waals surface area contributed by atoms with Crippen LogP contribution in [0.3, 0.4) is 0 Å². The molecule has 1 aromatic carbocycles. The smallest absolute Gasteiger partial charge is 0.169 e. The van der Waals surface area contributed by atoms with Crippen LogP contribution in [0.5, 0.6) is 0 Å². The Morgan fingerprint density at radius 3 is 2.26 bits per heavy atom. The molecule has 1 aliphatic rings. The molecule has 2 heteroatoms. The van der Waals surface area contributed by atoms with Crippen LogP contribution in [0, 0.1) is 5.41 Å². The van der Waals surface area contributed by atoms with Crippen molar-refractivity contribution >= 4 is 5.78 Å². The highest BCUT2D eigenvalue weighted by Crippen LogP contribution is 2.36. The van der Waals surface area contributed by atoms with Gasteiger partial charge in [-0.25, -0.2) is 0 Å². The molecular weight excluding hydrogens is 234 g/mol. The molecule has 104 valence electrons. The first-order chi connectivity index (χ1) is 9.09. The Morgan fingerprint density at radius 2 is 1.79 bits per heavy atom. The quantitative estimate of drug-likeness (QED) is 0.834. The van der Waals surface area contributed by atoms with E-state index in [1.165, 1.54) is 5.56 Å². The highest BCUT2D eigenvalue weighted by Gasteiger charge is 2.37. The van der Waals surface area contributed by atoms with Gasteiger partial charge in [0, 0.05) is 11.0 Å². The molecule has 0 unspecified atom stereocenters. The zero-order chi connectivity index (χ0) is 13.9. The maximum Gasteiger partial charge on any atom is 0.169 e. The molecule has 1 heterocycles. The highest BCUT2D eigenvalue weighted by atomic mass is 16.1. The van der Waals surface area contributed by atoms with Crippen LogP contribution in [0.25, 0.3) is 0 Å². The fourth-order valence-electron chi connectivity index (χ4n) is 2.97. The first-order valence-electron chi connectivity index (χ1n) is 7.44. The summed E-state index contributed by atoms with van der Waals surface area (Å²) in [6, 6.07) is 8.22. The molecule has 2 nitrogen and oxygen atoms in total. The fourth-order valence-corrected chi connectivity index (χ4v) is 2.97. The molecular formula is C17H25NO. The molecule has 1 fully saturated rings. The van der Waals surface area contributed by atoms with E-state index in [4.69, 9.17) is 0 Å². The third kappa shape index (κ3) is 2.89. The Bertz CT molecular complexity index is 427. The molecule has 1 saturated heterocycles. The highest BCUT2D eigenvalue weighted by molar-refractivity contribution is 6.00. The van der Waals surface area contributed by atoms with Gasteiger partial charge in [-0.1, -0.05) is 45.0 Å². The second-order valence-electron chi connectivity index (χ2n) is 5.99. The van der Waals surface area contributed by atoms with E-state index < -0.39 is 0 Å². The van der Waals surface area contributed by atoms with Crippen LogP contribution < -0.4 is 5.32 Å². The van der Waals surface area contributed by atoms with Gasteiger partial charge in [-0.15, -0.1) is 0 Å². The second-order valence-corrected chi connectivity index (χ2v) is 5.99. The number of hydrogen-bond donors (Lipinski definition) is 1. The minimum atomic E-state index is -0.134. The van der Waals surface area contributed by atoms with Crippen LogP contribution in [0.1, 0.15) is 61.9 Å². The Kier molecular flexibility index (Phi) is 4.41. The van der Waals surface area contributed by atoms with Crippen LogP contribution >= 0.6 is 0 Å². The topological polar surface area (TPSA) is 29.1 Å². The van der Waals surface area contributed by atoms with Crippen molar-refractivity contribution in [3.05, 3.63) is 35.4 Å². The lowest BCUT2D eigenvalue weighted by atomic mass is 9.71. The summed E-state index contributed by atoms with van der Waals surface area (Å²) in [5.41, 5.74) is 2.05. The van der Waals surface area contributed by atoms with Gasteiger partial charge >= 0.3 is 0 Å². The van der Waals surface area contributed by atoms with Gasteiger partial charge in [0.25, 0.3) is 0 Å². The van der Waals surface area contributed by atoms with E-state index in [-0.39, 0.29) is 5.41 Å². The Balaban J connectivity index is 2.22. The summed E-state index contributed by atoms with van der Waals surface area (Å²) in [6.45, 7) is 8.42. The lowest BCUT2D eigenvalue weighted by molar-refractivity contribution is 0.0717. The molecule has 0 atom stereocenters. The van der Waals surface area contributed by atoms with E-state index in [0.29, 0.717) is 11.7 Å². The largest absolute Gasteiger partial charge is 0.317 e. The third-order valence-corrected chi connectivity index (χ3v) is 4.56. The van der Waals surface area contributed by atoms with Crippen LogP contribution in [0.15, 0.2) is 24.3 Å². The van der Waals surface area contributed by atoms with E-state index in [2.05, 4.69) is 38.2 Å². The van der Waals surface area contributed by atoms with Crippen molar-refractivity contribution in [2.24, 2.45) is 5.41 Å². The average molecular weight is 259 g/mol. The van der Waals surface area contributed by atoms with E-state index in [1.807, 2.05) is 12.1 Å². The van der Waals surface area contributed by atoms with Crippen molar-refractivity contribution in [2.45, 2.75) is 46.0 Å². The standard InChI is InChI=1S/C17H25NO/c1-4-17(9-11-18-12-10-17)16(19)15-7-5-14(6-8-15)13(2)3/h5-8,13,18H,4,9-12H2,1-3H3. The minimum Gasteiger partial charge on any atom is -0.317 e. The maximum absolute atomic E-state index is 12.8. The van der Waals surface area contributed by atoms with Gasteiger partial charge < -0.3 is 5.32 Å². The van der Waals surface area contributed by atoms with Crippen molar-refractivity contribution in [1.29, 1.82) is 0 Å². The number of ketones is 1. The average Bonchev–Trinajstić information content (AvgIpc) is 2.47. The molecule has 0 radical (unpaired) electrons. The summed E-state index contributed by atoms with van der Waals surface area (Å²) in [6.07, 6.45) is 2.88.